The molecule has 8 heteroatoms. The van der Waals surface area contributed by atoms with Crippen LogP contribution in [0.25, 0.3) is 16.8 Å². The topological polar surface area (TPSA) is 56.7 Å². The smallest absolute Gasteiger partial charge is 0.326 e. The first-order valence-electron chi connectivity index (χ1n) is 6.95. The van der Waals surface area contributed by atoms with Crippen molar-refractivity contribution < 1.29 is 17.6 Å². The summed E-state index contributed by atoms with van der Waals surface area (Å²) in [7, 11) is 0. The molecule has 0 aliphatic heterocycles. The molecule has 0 spiro atoms. The Morgan fingerprint density at radius 3 is 2.46 bits per heavy atom. The molecule has 0 aliphatic carbocycles. The Morgan fingerprint density at radius 1 is 1.04 bits per heavy atom. The molecule has 2 heterocycles. The van der Waals surface area contributed by atoms with Crippen LogP contribution in [0.15, 0.2) is 48.9 Å². The van der Waals surface area contributed by atoms with Gasteiger partial charge in [-0.05, 0) is 41.5 Å². The summed E-state index contributed by atoms with van der Waals surface area (Å²) in [5.74, 6) is -0.420. The van der Waals surface area contributed by atoms with E-state index in [2.05, 4.69) is 10.1 Å². The van der Waals surface area contributed by atoms with Gasteiger partial charge in [-0.15, -0.1) is 0 Å². The molecule has 0 atom stereocenters. The van der Waals surface area contributed by atoms with Gasteiger partial charge in [0.15, 0.2) is 0 Å². The molecule has 2 N–H and O–H groups in total. The van der Waals surface area contributed by atoms with Gasteiger partial charge in [0, 0.05) is 18.3 Å². The SMILES string of the molecule is NCc1cc(F)cc(-c2cnn(-c3ccc(C(F)(F)F)nc3)c2)c1. The Hall–Kier alpha value is -2.74. The number of rotatable bonds is 3. The molecule has 0 fully saturated rings. The molecule has 4 nitrogen and oxygen atoms in total. The number of benzene rings is 1. The average Bonchev–Trinajstić information content (AvgIpc) is 3.03. The highest BCUT2D eigenvalue weighted by Crippen LogP contribution is 2.28. The molecule has 2 aromatic heterocycles. The van der Waals surface area contributed by atoms with Gasteiger partial charge in [-0.3, -0.25) is 0 Å². The largest absolute Gasteiger partial charge is 0.433 e. The number of nitrogens with zero attached hydrogens (tertiary/aromatic N) is 3. The van der Waals surface area contributed by atoms with E-state index in [0.717, 1.165) is 12.3 Å². The minimum absolute atomic E-state index is 0.196. The van der Waals surface area contributed by atoms with E-state index in [0.29, 0.717) is 22.4 Å². The van der Waals surface area contributed by atoms with Gasteiger partial charge >= 0.3 is 6.18 Å². The molecule has 24 heavy (non-hydrogen) atoms. The highest BCUT2D eigenvalue weighted by molar-refractivity contribution is 5.63. The monoisotopic (exact) mass is 336 g/mol. The molecule has 1 aromatic carbocycles. The van der Waals surface area contributed by atoms with E-state index in [1.165, 1.54) is 29.1 Å². The lowest BCUT2D eigenvalue weighted by atomic mass is 10.1. The number of hydrogen-bond acceptors (Lipinski definition) is 3. The lowest BCUT2D eigenvalue weighted by Gasteiger charge is -2.06. The molecule has 0 radical (unpaired) electrons. The first-order chi connectivity index (χ1) is 11.4. The van der Waals surface area contributed by atoms with Crippen molar-refractivity contribution in [2.24, 2.45) is 5.73 Å². The molecule has 3 aromatic rings. The number of alkyl halides is 3. The third-order valence-corrected chi connectivity index (χ3v) is 3.41. The number of pyridine rings is 1. The Bertz CT molecular complexity index is 853. The predicted octanol–water partition coefficient (Wildman–Crippen LogP) is 3.55. The Balaban J connectivity index is 1.92. The molecular weight excluding hydrogens is 324 g/mol. The zero-order valence-corrected chi connectivity index (χ0v) is 12.3. The second-order valence-corrected chi connectivity index (χ2v) is 5.13. The lowest BCUT2D eigenvalue weighted by molar-refractivity contribution is -0.141. The van der Waals surface area contributed by atoms with E-state index in [4.69, 9.17) is 5.73 Å². The van der Waals surface area contributed by atoms with Crippen LogP contribution in [0.2, 0.25) is 0 Å². The van der Waals surface area contributed by atoms with E-state index in [9.17, 15) is 17.6 Å². The van der Waals surface area contributed by atoms with E-state index >= 15 is 0 Å². The van der Waals surface area contributed by atoms with Crippen LogP contribution in [0, 0.1) is 5.82 Å². The van der Waals surface area contributed by atoms with Gasteiger partial charge in [0.05, 0.1) is 18.1 Å². The molecule has 0 saturated heterocycles. The van der Waals surface area contributed by atoms with Gasteiger partial charge < -0.3 is 5.73 Å². The second kappa shape index (κ2) is 6.04. The fourth-order valence-corrected chi connectivity index (χ4v) is 2.24. The van der Waals surface area contributed by atoms with Crippen molar-refractivity contribution in [3.05, 3.63) is 66.0 Å². The van der Waals surface area contributed by atoms with Crippen molar-refractivity contribution in [1.29, 1.82) is 0 Å². The highest BCUT2D eigenvalue weighted by Gasteiger charge is 2.32. The average molecular weight is 336 g/mol. The van der Waals surface area contributed by atoms with Gasteiger partial charge in [0.1, 0.15) is 11.5 Å². The maximum Gasteiger partial charge on any atom is 0.433 e. The normalized spacial score (nSPS) is 11.7. The molecule has 0 saturated carbocycles. The third-order valence-electron chi connectivity index (χ3n) is 3.41. The van der Waals surface area contributed by atoms with Gasteiger partial charge in [-0.2, -0.15) is 18.3 Å². The number of nitrogens with two attached hydrogens (primary N) is 1. The van der Waals surface area contributed by atoms with Crippen LogP contribution in [-0.2, 0) is 12.7 Å². The van der Waals surface area contributed by atoms with Gasteiger partial charge in [-0.1, -0.05) is 0 Å². The second-order valence-electron chi connectivity index (χ2n) is 5.13. The zero-order valence-electron chi connectivity index (χ0n) is 12.3. The summed E-state index contributed by atoms with van der Waals surface area (Å²) < 4.78 is 52.5. The van der Waals surface area contributed by atoms with E-state index < -0.39 is 17.7 Å². The van der Waals surface area contributed by atoms with Crippen molar-refractivity contribution in [3.63, 3.8) is 0 Å². The van der Waals surface area contributed by atoms with Crippen LogP contribution in [-0.4, -0.2) is 14.8 Å². The van der Waals surface area contributed by atoms with Crippen LogP contribution in [0.5, 0.6) is 0 Å². The van der Waals surface area contributed by atoms with Crippen LogP contribution in [0.4, 0.5) is 17.6 Å². The molecule has 0 aliphatic rings. The van der Waals surface area contributed by atoms with Gasteiger partial charge in [-0.25, -0.2) is 14.1 Å². The molecule has 0 bridgehead atoms. The van der Waals surface area contributed by atoms with Gasteiger partial charge in [0.25, 0.3) is 0 Å². The quantitative estimate of drug-likeness (QED) is 0.744. The first-order valence-corrected chi connectivity index (χ1v) is 6.95. The Morgan fingerprint density at radius 2 is 1.83 bits per heavy atom. The Kier molecular flexibility index (Phi) is 4.06. The minimum Gasteiger partial charge on any atom is -0.326 e. The summed E-state index contributed by atoms with van der Waals surface area (Å²) in [6, 6.07) is 6.56. The summed E-state index contributed by atoms with van der Waals surface area (Å²) in [5.41, 5.74) is 6.75. The van der Waals surface area contributed by atoms with E-state index in [1.54, 1.807) is 12.3 Å². The zero-order chi connectivity index (χ0) is 17.3. The van der Waals surface area contributed by atoms with E-state index in [-0.39, 0.29) is 6.54 Å². The van der Waals surface area contributed by atoms with Crippen molar-refractivity contribution in [2.45, 2.75) is 12.7 Å². The summed E-state index contributed by atoms with van der Waals surface area (Å²) in [4.78, 5) is 3.39. The fourth-order valence-electron chi connectivity index (χ4n) is 2.24. The summed E-state index contributed by atoms with van der Waals surface area (Å²) in [5, 5.41) is 4.08. The molecule has 0 amide bonds. The molecule has 3 rings (SSSR count). The molecule has 0 unspecified atom stereocenters. The van der Waals surface area contributed by atoms with Gasteiger partial charge in [0.2, 0.25) is 0 Å². The maximum atomic E-state index is 13.6. The number of halogens is 4. The van der Waals surface area contributed by atoms with Crippen molar-refractivity contribution in [2.75, 3.05) is 0 Å². The van der Waals surface area contributed by atoms with Crippen molar-refractivity contribution in [3.8, 4) is 16.8 Å². The predicted molar refractivity (Wildman–Crippen MR) is 79.6 cm³/mol. The lowest BCUT2D eigenvalue weighted by Crippen LogP contribution is -2.08. The first kappa shape index (κ1) is 16.1. The third kappa shape index (κ3) is 3.28. The number of aromatic nitrogens is 3. The van der Waals surface area contributed by atoms with Crippen LogP contribution >= 0.6 is 0 Å². The van der Waals surface area contributed by atoms with Crippen LogP contribution < -0.4 is 5.73 Å². The summed E-state index contributed by atoms with van der Waals surface area (Å²) in [6.07, 6.45) is -0.337. The highest BCUT2D eigenvalue weighted by atomic mass is 19.4. The fraction of sp³-hybridized carbons (Fsp3) is 0.125. The van der Waals surface area contributed by atoms with Crippen molar-refractivity contribution in [1.82, 2.24) is 14.8 Å². The summed E-state index contributed by atoms with van der Waals surface area (Å²) in [6.45, 7) is 0.196. The number of hydrogen-bond donors (Lipinski definition) is 1. The molecule has 124 valence electrons. The molecular formula is C16H12F4N4. The minimum atomic E-state index is -4.49. The van der Waals surface area contributed by atoms with Crippen LogP contribution in [0.1, 0.15) is 11.3 Å². The van der Waals surface area contributed by atoms with Crippen molar-refractivity contribution >= 4 is 0 Å². The van der Waals surface area contributed by atoms with Crippen LogP contribution in [0.3, 0.4) is 0 Å². The summed E-state index contributed by atoms with van der Waals surface area (Å²) >= 11 is 0. The Labute approximate surface area is 134 Å². The van der Waals surface area contributed by atoms with E-state index in [1.807, 2.05) is 0 Å². The maximum absolute atomic E-state index is 13.6. The standard InChI is InChI=1S/C16H12F4N4/c17-13-4-10(6-21)3-11(5-13)12-7-23-24(9-12)14-1-2-15(22-8-14)16(18,19)20/h1-5,7-9H,6,21H2.